The molecule has 0 saturated carbocycles. The van der Waals surface area contributed by atoms with E-state index >= 15 is 0 Å². The Bertz CT molecular complexity index is 766. The fourth-order valence-corrected chi connectivity index (χ4v) is 2.82. The van der Waals surface area contributed by atoms with Gasteiger partial charge in [0, 0.05) is 18.0 Å². The topological polar surface area (TPSA) is 79.7 Å². The minimum Gasteiger partial charge on any atom is -0.491 e. The fraction of sp³-hybridized carbons (Fsp3) is 0.389. The summed E-state index contributed by atoms with van der Waals surface area (Å²) in [4.78, 5) is 29.4. The number of ether oxygens (including phenoxy) is 1. The van der Waals surface area contributed by atoms with Crippen LogP contribution < -0.4 is 4.74 Å². The molecule has 0 radical (unpaired) electrons. The number of carbonyl (C=O) groups is 2. The second-order valence-electron chi connectivity index (χ2n) is 6.46. The molecule has 0 aliphatic heterocycles. The number of thiazole rings is 1. The van der Waals surface area contributed by atoms with Gasteiger partial charge in [0.2, 0.25) is 0 Å². The van der Waals surface area contributed by atoms with E-state index in [1.807, 2.05) is 38.1 Å². The number of aromatic nitrogens is 1. The van der Waals surface area contributed by atoms with Gasteiger partial charge in [0.15, 0.2) is 0 Å². The summed E-state index contributed by atoms with van der Waals surface area (Å²) in [7, 11) is 1.47. The zero-order chi connectivity index (χ0) is 18.8. The van der Waals surface area contributed by atoms with Crippen molar-refractivity contribution in [1.82, 2.24) is 9.88 Å². The number of nitrogens with zero attached hydrogens (tertiary/aromatic N) is 2. The Morgan fingerprint density at radius 1 is 1.24 bits per heavy atom. The van der Waals surface area contributed by atoms with Gasteiger partial charge in [0.05, 0.1) is 6.10 Å². The first-order valence-electron chi connectivity index (χ1n) is 7.87. The predicted octanol–water partition coefficient (Wildman–Crippen LogP) is 3.53. The van der Waals surface area contributed by atoms with E-state index in [1.165, 1.54) is 37.1 Å². The highest BCUT2D eigenvalue weighted by Crippen LogP contribution is 2.27. The summed E-state index contributed by atoms with van der Waals surface area (Å²) in [6, 6.07) is 7.49. The second kappa shape index (κ2) is 7.23. The third kappa shape index (κ3) is 4.17. The number of amides is 1. The molecule has 2 aromatic rings. The first kappa shape index (κ1) is 18.9. The molecule has 7 heteroatoms. The van der Waals surface area contributed by atoms with Crippen LogP contribution in [0.25, 0.3) is 10.6 Å². The van der Waals surface area contributed by atoms with Gasteiger partial charge >= 0.3 is 5.97 Å². The van der Waals surface area contributed by atoms with E-state index in [1.54, 1.807) is 5.38 Å². The monoisotopic (exact) mass is 362 g/mol. The van der Waals surface area contributed by atoms with Crippen LogP contribution in [0, 0.1) is 0 Å². The number of carbonyl (C=O) groups excluding carboxylic acids is 1. The zero-order valence-corrected chi connectivity index (χ0v) is 15.8. The lowest BCUT2D eigenvalue weighted by Crippen LogP contribution is -2.50. The van der Waals surface area contributed by atoms with Crippen LogP contribution in [0.3, 0.4) is 0 Å². The molecule has 25 heavy (non-hydrogen) atoms. The van der Waals surface area contributed by atoms with Gasteiger partial charge in [-0.05, 0) is 52.0 Å². The van der Waals surface area contributed by atoms with Crippen molar-refractivity contribution in [2.24, 2.45) is 0 Å². The lowest BCUT2D eigenvalue weighted by molar-refractivity contribution is -0.147. The molecular weight excluding hydrogens is 340 g/mol. The second-order valence-corrected chi connectivity index (χ2v) is 7.32. The summed E-state index contributed by atoms with van der Waals surface area (Å²) < 4.78 is 5.61. The molecule has 1 aromatic carbocycles. The SMILES string of the molecule is CC(C)Oc1ccc(-c2nc(C(=O)N(C)C(C)(C)C(=O)O)cs2)cc1. The van der Waals surface area contributed by atoms with Gasteiger partial charge in [-0.1, -0.05) is 0 Å². The minimum absolute atomic E-state index is 0.100. The highest BCUT2D eigenvalue weighted by atomic mass is 32.1. The Labute approximate surface area is 151 Å². The summed E-state index contributed by atoms with van der Waals surface area (Å²) in [5.41, 5.74) is -0.198. The molecule has 1 N–H and O–H groups in total. The standard InChI is InChI=1S/C18H22N2O4S/c1-11(2)24-13-8-6-12(7-9-13)15-19-14(10-25-15)16(21)20(5)18(3,4)17(22)23/h6-11H,1-5H3,(H,22,23). The summed E-state index contributed by atoms with van der Waals surface area (Å²) in [6.45, 7) is 6.88. The average Bonchev–Trinajstić information content (AvgIpc) is 3.03. The highest BCUT2D eigenvalue weighted by Gasteiger charge is 2.36. The third-order valence-electron chi connectivity index (χ3n) is 3.86. The Kier molecular flexibility index (Phi) is 5.47. The van der Waals surface area contributed by atoms with E-state index < -0.39 is 17.4 Å². The van der Waals surface area contributed by atoms with E-state index in [9.17, 15) is 14.7 Å². The van der Waals surface area contributed by atoms with Gasteiger partial charge < -0.3 is 14.7 Å². The largest absolute Gasteiger partial charge is 0.491 e. The summed E-state index contributed by atoms with van der Waals surface area (Å²) in [5.74, 6) is -0.719. The molecule has 0 aliphatic rings. The van der Waals surface area contributed by atoms with Crippen LogP contribution in [-0.2, 0) is 4.79 Å². The van der Waals surface area contributed by atoms with Crippen LogP contribution in [-0.4, -0.2) is 45.6 Å². The minimum atomic E-state index is -1.31. The van der Waals surface area contributed by atoms with Crippen LogP contribution in [0.5, 0.6) is 5.75 Å². The number of carboxylic acid groups (broad SMARTS) is 1. The quantitative estimate of drug-likeness (QED) is 0.850. The Morgan fingerprint density at radius 3 is 2.36 bits per heavy atom. The number of aliphatic carboxylic acids is 1. The van der Waals surface area contributed by atoms with Gasteiger partial charge in [-0.2, -0.15) is 0 Å². The molecule has 1 amide bonds. The van der Waals surface area contributed by atoms with E-state index in [0.29, 0.717) is 5.01 Å². The van der Waals surface area contributed by atoms with Crippen molar-refractivity contribution in [1.29, 1.82) is 0 Å². The lowest BCUT2D eigenvalue weighted by atomic mass is 10.0. The highest BCUT2D eigenvalue weighted by molar-refractivity contribution is 7.13. The average molecular weight is 362 g/mol. The Hall–Kier alpha value is -2.41. The van der Waals surface area contributed by atoms with Crippen molar-refractivity contribution in [2.75, 3.05) is 7.05 Å². The van der Waals surface area contributed by atoms with Crippen molar-refractivity contribution in [3.8, 4) is 16.3 Å². The van der Waals surface area contributed by atoms with Gasteiger partial charge in [0.25, 0.3) is 5.91 Å². The van der Waals surface area contributed by atoms with Gasteiger partial charge in [0.1, 0.15) is 22.0 Å². The first-order valence-corrected chi connectivity index (χ1v) is 8.75. The molecule has 2 rings (SSSR count). The van der Waals surface area contributed by atoms with Crippen molar-refractivity contribution < 1.29 is 19.4 Å². The maximum atomic E-state index is 12.5. The lowest BCUT2D eigenvalue weighted by Gasteiger charge is -2.30. The Balaban J connectivity index is 2.19. The smallest absolute Gasteiger partial charge is 0.329 e. The number of rotatable bonds is 6. The molecule has 0 aliphatic carbocycles. The Morgan fingerprint density at radius 2 is 1.84 bits per heavy atom. The van der Waals surface area contributed by atoms with Crippen molar-refractivity contribution >= 4 is 23.2 Å². The van der Waals surface area contributed by atoms with E-state index in [0.717, 1.165) is 11.3 Å². The van der Waals surface area contributed by atoms with E-state index in [-0.39, 0.29) is 11.8 Å². The van der Waals surface area contributed by atoms with E-state index in [2.05, 4.69) is 4.98 Å². The number of hydrogen-bond acceptors (Lipinski definition) is 5. The summed E-state index contributed by atoms with van der Waals surface area (Å²) >= 11 is 1.34. The molecule has 6 nitrogen and oxygen atoms in total. The molecule has 1 aromatic heterocycles. The number of hydrogen-bond donors (Lipinski definition) is 1. The molecular formula is C18H22N2O4S. The third-order valence-corrected chi connectivity index (χ3v) is 4.75. The normalized spacial score (nSPS) is 11.4. The van der Waals surface area contributed by atoms with Gasteiger partial charge in [-0.15, -0.1) is 11.3 Å². The first-order chi connectivity index (χ1) is 11.6. The van der Waals surface area contributed by atoms with Crippen LogP contribution >= 0.6 is 11.3 Å². The van der Waals surface area contributed by atoms with Crippen molar-refractivity contribution in [2.45, 2.75) is 39.3 Å². The summed E-state index contributed by atoms with van der Waals surface area (Å²) in [5, 5.41) is 11.6. The molecule has 1 heterocycles. The number of carboxylic acids is 1. The molecule has 0 spiro atoms. The van der Waals surface area contributed by atoms with Crippen molar-refractivity contribution in [3.05, 3.63) is 35.3 Å². The zero-order valence-electron chi connectivity index (χ0n) is 14.9. The summed E-state index contributed by atoms with van der Waals surface area (Å²) in [6.07, 6.45) is 0.100. The number of likely N-dealkylation sites (N-methyl/N-ethyl adjacent to an activating group) is 1. The predicted molar refractivity (Wildman–Crippen MR) is 97.1 cm³/mol. The van der Waals surface area contributed by atoms with Crippen molar-refractivity contribution in [3.63, 3.8) is 0 Å². The molecule has 0 unspecified atom stereocenters. The molecule has 0 bridgehead atoms. The van der Waals surface area contributed by atoms with Crippen LogP contribution in [0.1, 0.15) is 38.2 Å². The molecule has 0 fully saturated rings. The fourth-order valence-electron chi connectivity index (χ4n) is 2.02. The molecule has 134 valence electrons. The number of benzene rings is 1. The van der Waals surface area contributed by atoms with Gasteiger partial charge in [-0.25, -0.2) is 9.78 Å². The molecule has 0 saturated heterocycles. The van der Waals surface area contributed by atoms with Crippen LogP contribution in [0.2, 0.25) is 0 Å². The van der Waals surface area contributed by atoms with E-state index in [4.69, 9.17) is 4.74 Å². The maximum absolute atomic E-state index is 12.5. The van der Waals surface area contributed by atoms with Crippen LogP contribution in [0.4, 0.5) is 0 Å². The molecule has 0 atom stereocenters. The van der Waals surface area contributed by atoms with Crippen LogP contribution in [0.15, 0.2) is 29.6 Å². The maximum Gasteiger partial charge on any atom is 0.329 e. The van der Waals surface area contributed by atoms with Gasteiger partial charge in [-0.3, -0.25) is 4.79 Å².